The molecule has 1 aromatic rings. The van der Waals surface area contributed by atoms with Crippen LogP contribution in [0.1, 0.15) is 5.56 Å². The Balaban J connectivity index is 2.73. The molecule has 1 rings (SSSR count). The molecule has 17 heavy (non-hydrogen) atoms. The first kappa shape index (κ1) is 13.4. The van der Waals surface area contributed by atoms with Gasteiger partial charge in [0.15, 0.2) is 5.96 Å². The van der Waals surface area contributed by atoms with Gasteiger partial charge in [0, 0.05) is 17.1 Å². The van der Waals surface area contributed by atoms with Gasteiger partial charge in [-0.1, -0.05) is 17.7 Å². The number of halogens is 1. The lowest BCUT2D eigenvalue weighted by atomic mass is 10.2. The Labute approximate surface area is 106 Å². The maximum atomic E-state index is 5.91. The van der Waals surface area contributed by atoms with Crippen molar-refractivity contribution in [3.8, 4) is 5.75 Å². The van der Waals surface area contributed by atoms with Crippen molar-refractivity contribution >= 4 is 17.6 Å². The third-order valence-electron chi connectivity index (χ3n) is 2.09. The summed E-state index contributed by atoms with van der Waals surface area (Å²) in [7, 11) is 1.61. The summed E-state index contributed by atoms with van der Waals surface area (Å²) >= 11 is 5.91. The summed E-state index contributed by atoms with van der Waals surface area (Å²) < 4.78 is 5.21. The summed E-state index contributed by atoms with van der Waals surface area (Å²) in [5.41, 5.74) is 6.55. The van der Waals surface area contributed by atoms with Crippen LogP contribution in [0.4, 0.5) is 0 Å². The van der Waals surface area contributed by atoms with Crippen LogP contribution in [0.3, 0.4) is 0 Å². The van der Waals surface area contributed by atoms with Crippen molar-refractivity contribution in [1.82, 2.24) is 5.32 Å². The van der Waals surface area contributed by atoms with Gasteiger partial charge >= 0.3 is 0 Å². The van der Waals surface area contributed by atoms with Crippen LogP contribution in [0.5, 0.6) is 5.75 Å². The number of aliphatic imine (C=N–C) groups is 1. The molecule has 5 heteroatoms. The zero-order valence-electron chi connectivity index (χ0n) is 9.74. The molecule has 1 aromatic carbocycles. The van der Waals surface area contributed by atoms with Gasteiger partial charge in [0.25, 0.3) is 0 Å². The maximum absolute atomic E-state index is 5.91. The van der Waals surface area contributed by atoms with Crippen molar-refractivity contribution in [3.63, 3.8) is 0 Å². The van der Waals surface area contributed by atoms with E-state index in [0.717, 1.165) is 11.3 Å². The van der Waals surface area contributed by atoms with E-state index in [1.54, 1.807) is 25.3 Å². The summed E-state index contributed by atoms with van der Waals surface area (Å²) in [6, 6.07) is 5.39. The lowest BCUT2D eigenvalue weighted by molar-refractivity contribution is 0.410. The number of hydrogen-bond donors (Lipinski definition) is 2. The van der Waals surface area contributed by atoms with Gasteiger partial charge < -0.3 is 15.8 Å². The Morgan fingerprint density at radius 2 is 2.41 bits per heavy atom. The molecule has 3 N–H and O–H groups in total. The van der Waals surface area contributed by atoms with Crippen LogP contribution in [0.15, 0.2) is 35.8 Å². The van der Waals surface area contributed by atoms with Crippen molar-refractivity contribution in [1.29, 1.82) is 0 Å². The largest absolute Gasteiger partial charge is 0.496 e. The third kappa shape index (κ3) is 4.36. The second-order valence-electron chi connectivity index (χ2n) is 3.33. The predicted molar refractivity (Wildman–Crippen MR) is 71.5 cm³/mol. The first-order valence-corrected chi connectivity index (χ1v) is 5.52. The Hall–Kier alpha value is -1.68. The average molecular weight is 254 g/mol. The lowest BCUT2D eigenvalue weighted by Crippen LogP contribution is -2.31. The molecule has 0 heterocycles. The van der Waals surface area contributed by atoms with Crippen LogP contribution in [0, 0.1) is 0 Å². The average Bonchev–Trinajstić information content (AvgIpc) is 2.34. The molecule has 0 atom stereocenters. The summed E-state index contributed by atoms with van der Waals surface area (Å²) in [5, 5.41) is 3.54. The van der Waals surface area contributed by atoms with Gasteiger partial charge in [-0.25, -0.2) is 4.99 Å². The van der Waals surface area contributed by atoms with Gasteiger partial charge in [0.1, 0.15) is 5.75 Å². The Morgan fingerprint density at radius 1 is 1.65 bits per heavy atom. The van der Waals surface area contributed by atoms with Crippen LogP contribution in [0.25, 0.3) is 0 Å². The first-order chi connectivity index (χ1) is 8.17. The fourth-order valence-corrected chi connectivity index (χ4v) is 1.47. The van der Waals surface area contributed by atoms with E-state index in [4.69, 9.17) is 22.1 Å². The number of nitrogens with one attached hydrogen (secondary N) is 1. The van der Waals surface area contributed by atoms with Gasteiger partial charge in [0.05, 0.1) is 13.7 Å². The molecule has 0 saturated carbocycles. The second-order valence-corrected chi connectivity index (χ2v) is 3.76. The van der Waals surface area contributed by atoms with E-state index in [-0.39, 0.29) is 0 Å². The number of hydrogen-bond acceptors (Lipinski definition) is 2. The highest BCUT2D eigenvalue weighted by atomic mass is 35.5. The molecule has 0 amide bonds. The van der Waals surface area contributed by atoms with Crippen molar-refractivity contribution in [3.05, 3.63) is 41.4 Å². The van der Waals surface area contributed by atoms with Crippen molar-refractivity contribution < 1.29 is 4.74 Å². The van der Waals surface area contributed by atoms with E-state index in [1.807, 2.05) is 6.07 Å². The zero-order chi connectivity index (χ0) is 12.7. The van der Waals surface area contributed by atoms with Crippen molar-refractivity contribution in [2.45, 2.75) is 6.54 Å². The van der Waals surface area contributed by atoms with Crippen LogP contribution in [0.2, 0.25) is 5.02 Å². The smallest absolute Gasteiger partial charge is 0.189 e. The third-order valence-corrected chi connectivity index (χ3v) is 2.32. The zero-order valence-corrected chi connectivity index (χ0v) is 10.5. The summed E-state index contributed by atoms with van der Waals surface area (Å²) in [5.74, 6) is 1.11. The Morgan fingerprint density at radius 3 is 3.06 bits per heavy atom. The minimum atomic E-state index is 0.368. The molecule has 0 spiro atoms. The summed E-state index contributed by atoms with van der Waals surface area (Å²) in [6.45, 7) is 4.58. The number of nitrogens with two attached hydrogens (primary N) is 1. The highest BCUT2D eigenvalue weighted by Crippen LogP contribution is 2.23. The Kier molecular flexibility index (Phi) is 5.36. The van der Waals surface area contributed by atoms with E-state index in [2.05, 4.69) is 16.9 Å². The van der Waals surface area contributed by atoms with Crippen LogP contribution in [-0.4, -0.2) is 19.6 Å². The molecule has 0 bridgehead atoms. The highest BCUT2D eigenvalue weighted by molar-refractivity contribution is 6.30. The monoisotopic (exact) mass is 253 g/mol. The molecule has 92 valence electrons. The number of ether oxygens (including phenoxy) is 1. The number of methoxy groups -OCH3 is 1. The van der Waals surface area contributed by atoms with Gasteiger partial charge in [0.2, 0.25) is 0 Å². The number of benzene rings is 1. The number of nitrogens with zero attached hydrogens (tertiary/aromatic N) is 1. The molecular formula is C12H16ClN3O. The minimum Gasteiger partial charge on any atom is -0.496 e. The first-order valence-electron chi connectivity index (χ1n) is 5.14. The minimum absolute atomic E-state index is 0.368. The normalized spacial score (nSPS) is 11.1. The van der Waals surface area contributed by atoms with Crippen molar-refractivity contribution in [2.24, 2.45) is 10.7 Å². The van der Waals surface area contributed by atoms with Gasteiger partial charge in [-0.05, 0) is 18.2 Å². The van der Waals surface area contributed by atoms with Crippen LogP contribution >= 0.6 is 11.6 Å². The van der Waals surface area contributed by atoms with E-state index in [0.29, 0.717) is 24.1 Å². The molecule has 0 aromatic heterocycles. The summed E-state index contributed by atoms with van der Waals surface area (Å²) in [4.78, 5) is 4.18. The molecule has 0 aliphatic carbocycles. The molecule has 0 fully saturated rings. The van der Waals surface area contributed by atoms with Crippen LogP contribution < -0.4 is 15.8 Å². The molecule has 0 unspecified atom stereocenters. The fraction of sp³-hybridized carbons (Fsp3) is 0.250. The number of guanidine groups is 1. The van der Waals surface area contributed by atoms with E-state index in [1.165, 1.54) is 0 Å². The Bertz CT molecular complexity index is 418. The summed E-state index contributed by atoms with van der Waals surface area (Å²) in [6.07, 6.45) is 1.71. The highest BCUT2D eigenvalue weighted by Gasteiger charge is 2.03. The molecule has 0 aliphatic rings. The fourth-order valence-electron chi connectivity index (χ4n) is 1.27. The molecule has 0 radical (unpaired) electrons. The second kappa shape index (κ2) is 6.81. The van der Waals surface area contributed by atoms with E-state index < -0.39 is 0 Å². The topological polar surface area (TPSA) is 59.6 Å². The quantitative estimate of drug-likeness (QED) is 0.479. The van der Waals surface area contributed by atoms with Gasteiger partial charge in [-0.2, -0.15) is 0 Å². The van der Waals surface area contributed by atoms with Gasteiger partial charge in [-0.3, -0.25) is 0 Å². The molecule has 0 aliphatic heterocycles. The molecular weight excluding hydrogens is 238 g/mol. The predicted octanol–water partition coefficient (Wildman–Crippen LogP) is 1.94. The standard InChI is InChI=1S/C12H16ClN3O/c1-3-6-15-12(14)16-8-9-7-10(13)4-5-11(9)17-2/h3-5,7H,1,6,8H2,2H3,(H3,14,15,16). The van der Waals surface area contributed by atoms with E-state index >= 15 is 0 Å². The molecule has 4 nitrogen and oxygen atoms in total. The maximum Gasteiger partial charge on any atom is 0.189 e. The van der Waals surface area contributed by atoms with Gasteiger partial charge in [-0.15, -0.1) is 6.58 Å². The van der Waals surface area contributed by atoms with Crippen LogP contribution in [-0.2, 0) is 6.54 Å². The SMILES string of the molecule is C=CCNC(N)=NCc1cc(Cl)ccc1OC. The lowest BCUT2D eigenvalue weighted by Gasteiger charge is -2.07. The van der Waals surface area contributed by atoms with E-state index in [9.17, 15) is 0 Å². The molecule has 0 saturated heterocycles. The number of rotatable bonds is 5. The van der Waals surface area contributed by atoms with Crippen molar-refractivity contribution in [2.75, 3.05) is 13.7 Å².